The molecule has 2 N–H and O–H groups in total. The van der Waals surface area contributed by atoms with Gasteiger partial charge in [0.2, 0.25) is 5.89 Å². The second-order valence-electron chi connectivity index (χ2n) is 7.30. The van der Waals surface area contributed by atoms with Gasteiger partial charge in [0.25, 0.3) is 5.89 Å². The van der Waals surface area contributed by atoms with Crippen molar-refractivity contribution in [2.75, 3.05) is 5.73 Å². The van der Waals surface area contributed by atoms with E-state index < -0.39 is 17.7 Å². The molecule has 0 spiro atoms. The summed E-state index contributed by atoms with van der Waals surface area (Å²) < 4.78 is 30.2. The lowest BCUT2D eigenvalue weighted by Crippen LogP contribution is -2.23. The van der Waals surface area contributed by atoms with E-state index >= 15 is 0 Å². The Kier molecular flexibility index (Phi) is 5.36. The first-order valence-electron chi connectivity index (χ1n) is 9.14. The number of nitrogens with two attached hydrogens (primary N) is 1. The topological polar surface area (TPSA) is 121 Å². The standard InChI is InChI=1S/C19H17ClF2N8O/c1-19(2,14-8-12(23)5-6-24-14)18-27-29-30(28-18)9-11-4-3-10(7-13(11)20)16-25-26-17(31-16)15(21)22/h3-8,15H,9H2,1-2H3,(H2,23,24). The van der Waals surface area contributed by atoms with Crippen LogP contribution in [0.25, 0.3) is 11.5 Å². The molecule has 0 unspecified atom stereocenters. The van der Waals surface area contributed by atoms with Crippen molar-refractivity contribution in [2.24, 2.45) is 0 Å². The van der Waals surface area contributed by atoms with E-state index in [1.807, 2.05) is 13.8 Å². The first-order valence-corrected chi connectivity index (χ1v) is 9.52. The monoisotopic (exact) mass is 446 g/mol. The Hall–Kier alpha value is -3.47. The Morgan fingerprint density at radius 2 is 1.97 bits per heavy atom. The number of tetrazole rings is 1. The lowest BCUT2D eigenvalue weighted by Gasteiger charge is -2.19. The number of nitrogen functional groups attached to an aromatic ring is 1. The molecule has 0 saturated heterocycles. The van der Waals surface area contributed by atoms with E-state index in [2.05, 4.69) is 30.6 Å². The van der Waals surface area contributed by atoms with Gasteiger partial charge in [0.15, 0.2) is 5.82 Å². The fourth-order valence-corrected chi connectivity index (χ4v) is 3.10. The molecule has 3 heterocycles. The third kappa shape index (κ3) is 4.22. The highest BCUT2D eigenvalue weighted by molar-refractivity contribution is 6.31. The lowest BCUT2D eigenvalue weighted by molar-refractivity contribution is 0.116. The van der Waals surface area contributed by atoms with E-state index in [0.717, 1.165) is 5.69 Å². The molecule has 4 rings (SSSR count). The predicted molar refractivity (Wildman–Crippen MR) is 107 cm³/mol. The molecule has 31 heavy (non-hydrogen) atoms. The van der Waals surface area contributed by atoms with Gasteiger partial charge >= 0.3 is 6.43 Å². The number of aromatic nitrogens is 7. The van der Waals surface area contributed by atoms with Gasteiger partial charge in [0.1, 0.15) is 0 Å². The maximum absolute atomic E-state index is 12.6. The SMILES string of the molecule is CC(C)(c1cc(N)ccn1)c1nnn(Cc2ccc(-c3nnc(C(F)F)o3)cc2Cl)n1. The smallest absolute Gasteiger partial charge is 0.314 e. The summed E-state index contributed by atoms with van der Waals surface area (Å²) in [6.45, 7) is 4.10. The summed E-state index contributed by atoms with van der Waals surface area (Å²) in [6.07, 6.45) is -1.21. The second kappa shape index (κ2) is 7.99. The van der Waals surface area contributed by atoms with E-state index in [1.54, 1.807) is 36.5 Å². The number of nitrogens with zero attached hydrogens (tertiary/aromatic N) is 7. The van der Waals surface area contributed by atoms with Crippen LogP contribution in [0.1, 0.15) is 43.2 Å². The zero-order valence-corrected chi connectivity index (χ0v) is 17.3. The molecular weight excluding hydrogens is 430 g/mol. The molecule has 0 atom stereocenters. The molecular formula is C19H17ClF2N8O. The third-order valence-electron chi connectivity index (χ3n) is 4.68. The summed E-state index contributed by atoms with van der Waals surface area (Å²) in [5.41, 5.74) is 7.69. The van der Waals surface area contributed by atoms with Crippen LogP contribution in [0.2, 0.25) is 5.02 Å². The van der Waals surface area contributed by atoms with Gasteiger partial charge < -0.3 is 10.2 Å². The molecule has 4 aromatic rings. The maximum atomic E-state index is 12.6. The van der Waals surface area contributed by atoms with Crippen LogP contribution in [0.15, 0.2) is 40.9 Å². The predicted octanol–water partition coefficient (Wildman–Crippen LogP) is 3.67. The van der Waals surface area contributed by atoms with Crippen molar-refractivity contribution in [1.82, 2.24) is 35.4 Å². The fraction of sp³-hybridized carbons (Fsp3) is 0.263. The van der Waals surface area contributed by atoms with Crippen molar-refractivity contribution in [1.29, 1.82) is 0 Å². The first-order chi connectivity index (χ1) is 14.7. The molecule has 0 aliphatic carbocycles. The van der Waals surface area contributed by atoms with E-state index in [0.29, 0.717) is 27.7 Å². The minimum atomic E-state index is -2.84. The molecule has 0 aliphatic rings. The fourth-order valence-electron chi connectivity index (χ4n) is 2.86. The van der Waals surface area contributed by atoms with Crippen molar-refractivity contribution in [3.63, 3.8) is 0 Å². The number of rotatable bonds is 6. The number of halogens is 3. The average Bonchev–Trinajstić information content (AvgIpc) is 3.40. The van der Waals surface area contributed by atoms with Crippen molar-refractivity contribution in [3.05, 3.63) is 64.5 Å². The first kappa shape index (κ1) is 20.8. The van der Waals surface area contributed by atoms with E-state index in [1.165, 1.54) is 4.80 Å². The largest absolute Gasteiger partial charge is 0.415 e. The normalized spacial score (nSPS) is 11.9. The van der Waals surface area contributed by atoms with Crippen LogP contribution in [0.5, 0.6) is 0 Å². The number of benzene rings is 1. The molecule has 3 aromatic heterocycles. The molecule has 0 aliphatic heterocycles. The zero-order chi connectivity index (χ0) is 22.2. The van der Waals surface area contributed by atoms with Gasteiger partial charge in [0.05, 0.1) is 17.7 Å². The van der Waals surface area contributed by atoms with E-state index in [9.17, 15) is 8.78 Å². The number of pyridine rings is 1. The van der Waals surface area contributed by atoms with Crippen molar-refractivity contribution in [2.45, 2.75) is 32.2 Å². The summed E-state index contributed by atoms with van der Waals surface area (Å²) in [6, 6.07) is 8.38. The average molecular weight is 447 g/mol. The van der Waals surface area contributed by atoms with Gasteiger partial charge in [-0.3, -0.25) is 4.98 Å². The zero-order valence-electron chi connectivity index (χ0n) is 16.5. The van der Waals surface area contributed by atoms with Gasteiger partial charge in [-0.2, -0.15) is 13.6 Å². The van der Waals surface area contributed by atoms with Crippen LogP contribution in [0.4, 0.5) is 14.5 Å². The minimum absolute atomic E-state index is 0.0405. The van der Waals surface area contributed by atoms with Crippen molar-refractivity contribution in [3.8, 4) is 11.5 Å². The van der Waals surface area contributed by atoms with Crippen LogP contribution >= 0.6 is 11.6 Å². The molecule has 12 heteroatoms. The van der Waals surface area contributed by atoms with Gasteiger partial charge in [-0.1, -0.05) is 17.7 Å². The van der Waals surface area contributed by atoms with Crippen LogP contribution < -0.4 is 5.73 Å². The van der Waals surface area contributed by atoms with Gasteiger partial charge in [-0.15, -0.1) is 20.4 Å². The quantitative estimate of drug-likeness (QED) is 0.476. The third-order valence-corrected chi connectivity index (χ3v) is 5.03. The molecule has 0 bridgehead atoms. The van der Waals surface area contributed by atoms with Crippen LogP contribution in [-0.2, 0) is 12.0 Å². The molecule has 0 fully saturated rings. The molecule has 0 saturated carbocycles. The Labute approximate surface area is 180 Å². The molecule has 0 amide bonds. The number of anilines is 1. The summed E-state index contributed by atoms with van der Waals surface area (Å²) in [4.78, 5) is 5.77. The highest BCUT2D eigenvalue weighted by Crippen LogP contribution is 2.29. The Morgan fingerprint density at radius 1 is 1.16 bits per heavy atom. The Morgan fingerprint density at radius 3 is 2.65 bits per heavy atom. The summed E-state index contributed by atoms with van der Waals surface area (Å²) in [7, 11) is 0. The summed E-state index contributed by atoms with van der Waals surface area (Å²) in [5, 5.41) is 20.0. The van der Waals surface area contributed by atoms with Gasteiger partial charge in [-0.05, 0) is 48.9 Å². The lowest BCUT2D eigenvalue weighted by atomic mass is 9.88. The Balaban J connectivity index is 1.54. The van der Waals surface area contributed by atoms with Crippen LogP contribution in [-0.4, -0.2) is 35.4 Å². The van der Waals surface area contributed by atoms with Crippen LogP contribution in [0.3, 0.4) is 0 Å². The van der Waals surface area contributed by atoms with Gasteiger partial charge in [-0.25, -0.2) is 0 Å². The van der Waals surface area contributed by atoms with E-state index in [4.69, 9.17) is 21.8 Å². The summed E-state index contributed by atoms with van der Waals surface area (Å²) >= 11 is 6.36. The molecule has 160 valence electrons. The number of alkyl halides is 2. The molecule has 9 nitrogen and oxygen atoms in total. The van der Waals surface area contributed by atoms with Crippen molar-refractivity contribution < 1.29 is 13.2 Å². The number of hydrogen-bond donors (Lipinski definition) is 1. The minimum Gasteiger partial charge on any atom is -0.415 e. The van der Waals surface area contributed by atoms with Gasteiger partial charge in [0, 0.05) is 22.5 Å². The van der Waals surface area contributed by atoms with Crippen molar-refractivity contribution >= 4 is 17.3 Å². The summed E-state index contributed by atoms with van der Waals surface area (Å²) in [5.74, 6) is -0.308. The highest BCUT2D eigenvalue weighted by atomic mass is 35.5. The maximum Gasteiger partial charge on any atom is 0.314 e. The second-order valence-corrected chi connectivity index (χ2v) is 7.70. The highest BCUT2D eigenvalue weighted by Gasteiger charge is 2.30. The number of hydrogen-bond acceptors (Lipinski definition) is 8. The van der Waals surface area contributed by atoms with Crippen LogP contribution in [0, 0.1) is 0 Å². The molecule has 0 radical (unpaired) electrons. The Bertz CT molecular complexity index is 1220. The molecule has 1 aromatic carbocycles. The van der Waals surface area contributed by atoms with E-state index in [-0.39, 0.29) is 12.4 Å².